The fourth-order valence-electron chi connectivity index (χ4n) is 12.3. The van der Waals surface area contributed by atoms with Crippen LogP contribution in [-0.4, -0.2) is 47.4 Å². The van der Waals surface area contributed by atoms with Crippen LogP contribution >= 0.6 is 0 Å². The summed E-state index contributed by atoms with van der Waals surface area (Å²) in [7, 11) is 0. The molecule has 0 rings (SSSR count). The van der Waals surface area contributed by atoms with Crippen molar-refractivity contribution in [2.24, 2.45) is 0 Å². The van der Waals surface area contributed by atoms with Gasteiger partial charge in [-0.2, -0.15) is 0 Å². The topological polar surface area (TPSA) is 95.9 Å². The number of amides is 1. The Morgan fingerprint density at radius 1 is 0.329 bits per heavy atom. The normalized spacial score (nSPS) is 12.5. The number of unbranched alkanes of at least 4 members (excludes halogenated alkanes) is 59. The van der Waals surface area contributed by atoms with Gasteiger partial charge in [-0.3, -0.25) is 9.59 Å². The summed E-state index contributed by atoms with van der Waals surface area (Å²) in [6, 6.07) is -0.539. The average molecular weight is 1160 g/mol. The monoisotopic (exact) mass is 1160 g/mol. The van der Waals surface area contributed by atoms with Crippen molar-refractivity contribution >= 4 is 11.9 Å². The SMILES string of the molecule is CCCCCCCC/C=C\CCCCCCCCCCCC(=O)OCCCCCCCCCCCCCCCCCCCCCCCCCCCCCC(=O)NC(CO)C(O)CCCCCCCCCCCCCCCCCCCCC. The fourth-order valence-corrected chi connectivity index (χ4v) is 12.3. The van der Waals surface area contributed by atoms with Gasteiger partial charge in [-0.05, 0) is 51.4 Å². The van der Waals surface area contributed by atoms with Crippen LogP contribution < -0.4 is 5.32 Å². The van der Waals surface area contributed by atoms with Gasteiger partial charge in [0, 0.05) is 12.8 Å². The molecule has 0 aliphatic heterocycles. The van der Waals surface area contributed by atoms with Crippen molar-refractivity contribution in [2.75, 3.05) is 13.2 Å². The highest BCUT2D eigenvalue weighted by Gasteiger charge is 2.20. The van der Waals surface area contributed by atoms with Gasteiger partial charge in [-0.25, -0.2) is 0 Å². The van der Waals surface area contributed by atoms with E-state index in [1.807, 2.05) is 0 Å². The number of nitrogens with one attached hydrogen (secondary N) is 1. The van der Waals surface area contributed by atoms with E-state index in [9.17, 15) is 19.8 Å². The molecule has 0 aromatic rings. The van der Waals surface area contributed by atoms with E-state index in [0.717, 1.165) is 38.5 Å². The lowest BCUT2D eigenvalue weighted by molar-refractivity contribution is -0.143. The van der Waals surface area contributed by atoms with Gasteiger partial charge in [-0.15, -0.1) is 0 Å². The Bertz CT molecular complexity index is 1240. The molecule has 1 amide bonds. The van der Waals surface area contributed by atoms with Crippen LogP contribution in [0.3, 0.4) is 0 Å². The van der Waals surface area contributed by atoms with Crippen molar-refractivity contribution in [3.63, 3.8) is 0 Å². The molecule has 6 heteroatoms. The molecule has 6 nitrogen and oxygen atoms in total. The molecule has 3 N–H and O–H groups in total. The first-order valence-corrected chi connectivity index (χ1v) is 37.9. The van der Waals surface area contributed by atoms with Crippen molar-refractivity contribution in [1.82, 2.24) is 5.32 Å². The number of carbonyl (C=O) groups is 2. The minimum Gasteiger partial charge on any atom is -0.466 e. The van der Waals surface area contributed by atoms with Gasteiger partial charge >= 0.3 is 5.97 Å². The number of carbonyl (C=O) groups excluding carboxylic acids is 2. The van der Waals surface area contributed by atoms with Gasteiger partial charge in [0.2, 0.25) is 5.91 Å². The molecule has 2 atom stereocenters. The summed E-state index contributed by atoms with van der Waals surface area (Å²) in [5.41, 5.74) is 0. The lowest BCUT2D eigenvalue weighted by Crippen LogP contribution is -2.45. The second-order valence-corrected chi connectivity index (χ2v) is 26.3. The number of ether oxygens (including phenoxy) is 1. The molecular formula is C76H149NO5. The van der Waals surface area contributed by atoms with Gasteiger partial charge < -0.3 is 20.3 Å². The quantitative estimate of drug-likeness (QED) is 0.0320. The van der Waals surface area contributed by atoms with E-state index in [0.29, 0.717) is 25.9 Å². The summed E-state index contributed by atoms with van der Waals surface area (Å²) < 4.78 is 5.52. The zero-order valence-corrected chi connectivity index (χ0v) is 56.0. The molecule has 0 fully saturated rings. The number of allylic oxidation sites excluding steroid dienone is 2. The minimum atomic E-state index is -0.663. The fraction of sp³-hybridized carbons (Fsp3) is 0.947. The van der Waals surface area contributed by atoms with E-state index in [-0.39, 0.29) is 18.5 Å². The molecule has 0 aromatic carbocycles. The Morgan fingerprint density at radius 3 is 0.866 bits per heavy atom. The first-order chi connectivity index (χ1) is 40.5. The van der Waals surface area contributed by atoms with E-state index in [1.54, 1.807) is 0 Å². The maximum absolute atomic E-state index is 12.5. The molecule has 0 saturated heterocycles. The molecular weight excluding hydrogens is 1010 g/mol. The highest BCUT2D eigenvalue weighted by Crippen LogP contribution is 2.20. The number of rotatable bonds is 72. The molecule has 0 radical (unpaired) electrons. The van der Waals surface area contributed by atoms with Crippen molar-refractivity contribution in [3.8, 4) is 0 Å². The van der Waals surface area contributed by atoms with E-state index >= 15 is 0 Å². The standard InChI is InChI=1S/C76H149NO5/c1-3-5-7-9-11-13-15-17-19-21-32-36-40-44-48-52-56-60-64-68-74(79)73(72-78)77-75(80)69-65-61-57-53-49-45-41-37-34-30-28-26-24-23-25-27-29-31-35-39-43-47-51-55-59-63-67-71-82-76(81)70-66-62-58-54-50-46-42-38-33-22-20-18-16-14-12-10-8-6-4-2/h18,20,73-74,78-79H,3-17,19,21-72H2,1-2H3,(H,77,80)/b20-18-. The summed E-state index contributed by atoms with van der Waals surface area (Å²) in [5, 5.41) is 23.4. The lowest BCUT2D eigenvalue weighted by atomic mass is 10.0. The number of hydrogen-bond donors (Lipinski definition) is 3. The number of aliphatic hydroxyl groups excluding tert-OH is 2. The van der Waals surface area contributed by atoms with Crippen LogP contribution in [0.1, 0.15) is 438 Å². The van der Waals surface area contributed by atoms with Crippen LogP contribution in [0.5, 0.6) is 0 Å². The smallest absolute Gasteiger partial charge is 0.305 e. The first kappa shape index (κ1) is 80.6. The third-order valence-electron chi connectivity index (χ3n) is 18.1. The molecule has 0 aliphatic rings. The number of esters is 1. The second kappa shape index (κ2) is 72.1. The molecule has 0 aliphatic carbocycles. The largest absolute Gasteiger partial charge is 0.466 e. The zero-order chi connectivity index (χ0) is 59.2. The third-order valence-corrected chi connectivity index (χ3v) is 18.1. The maximum atomic E-state index is 12.5. The van der Waals surface area contributed by atoms with Gasteiger partial charge in [0.05, 0.1) is 25.4 Å². The average Bonchev–Trinajstić information content (AvgIpc) is 3.48. The maximum Gasteiger partial charge on any atom is 0.305 e. The lowest BCUT2D eigenvalue weighted by Gasteiger charge is -2.22. The van der Waals surface area contributed by atoms with E-state index in [1.165, 1.54) is 366 Å². The molecule has 2 unspecified atom stereocenters. The van der Waals surface area contributed by atoms with Crippen molar-refractivity contribution in [2.45, 2.75) is 450 Å². The Labute approximate surface area is 514 Å². The van der Waals surface area contributed by atoms with E-state index < -0.39 is 12.1 Å². The highest BCUT2D eigenvalue weighted by molar-refractivity contribution is 5.76. The molecule has 0 heterocycles. The summed E-state index contributed by atoms with van der Waals surface area (Å²) in [5.74, 6) is -0.00827. The van der Waals surface area contributed by atoms with Crippen molar-refractivity contribution in [1.29, 1.82) is 0 Å². The predicted molar refractivity (Wildman–Crippen MR) is 361 cm³/mol. The van der Waals surface area contributed by atoms with Crippen LogP contribution in [0.4, 0.5) is 0 Å². The van der Waals surface area contributed by atoms with Gasteiger partial charge in [-0.1, -0.05) is 386 Å². The van der Waals surface area contributed by atoms with E-state index in [4.69, 9.17) is 4.74 Å². The molecule has 82 heavy (non-hydrogen) atoms. The zero-order valence-electron chi connectivity index (χ0n) is 56.0. The number of aliphatic hydroxyl groups is 2. The minimum absolute atomic E-state index is 0.0190. The Morgan fingerprint density at radius 2 is 0.573 bits per heavy atom. The van der Waals surface area contributed by atoms with Crippen molar-refractivity contribution in [3.05, 3.63) is 12.2 Å². The summed E-state index contributed by atoms with van der Waals surface area (Å²) >= 11 is 0. The molecule has 0 aromatic heterocycles. The van der Waals surface area contributed by atoms with Crippen molar-refractivity contribution < 1.29 is 24.5 Å². The Balaban J connectivity index is 3.33. The summed E-state index contributed by atoms with van der Waals surface area (Å²) in [6.45, 7) is 5.00. The highest BCUT2D eigenvalue weighted by atomic mass is 16.5. The van der Waals surface area contributed by atoms with Crippen LogP contribution in [0.25, 0.3) is 0 Å². The first-order valence-electron chi connectivity index (χ1n) is 37.9. The predicted octanol–water partition coefficient (Wildman–Crippen LogP) is 24.7. The van der Waals surface area contributed by atoms with Gasteiger partial charge in [0.25, 0.3) is 0 Å². The van der Waals surface area contributed by atoms with Crippen LogP contribution in [0, 0.1) is 0 Å². The number of hydrogen-bond acceptors (Lipinski definition) is 5. The Kier molecular flexibility index (Phi) is 70.8. The van der Waals surface area contributed by atoms with Gasteiger partial charge in [0.1, 0.15) is 0 Å². The molecule has 0 bridgehead atoms. The second-order valence-electron chi connectivity index (χ2n) is 26.3. The van der Waals surface area contributed by atoms with E-state index in [2.05, 4.69) is 31.3 Å². The Hall–Kier alpha value is -1.40. The van der Waals surface area contributed by atoms with Crippen LogP contribution in [0.15, 0.2) is 12.2 Å². The third kappa shape index (κ3) is 67.7. The van der Waals surface area contributed by atoms with Gasteiger partial charge in [0.15, 0.2) is 0 Å². The summed E-state index contributed by atoms with van der Waals surface area (Å²) in [4.78, 5) is 24.7. The molecule has 488 valence electrons. The summed E-state index contributed by atoms with van der Waals surface area (Å²) in [6.07, 6.45) is 89.9. The van der Waals surface area contributed by atoms with Crippen LogP contribution in [-0.2, 0) is 14.3 Å². The molecule has 0 spiro atoms. The molecule has 0 saturated carbocycles. The van der Waals surface area contributed by atoms with Crippen LogP contribution in [0.2, 0.25) is 0 Å².